The fourth-order valence-electron chi connectivity index (χ4n) is 1.75. The molecule has 1 amide bonds. The second-order valence-electron chi connectivity index (χ2n) is 4.02. The van der Waals surface area contributed by atoms with Crippen LogP contribution in [-0.2, 0) is 4.74 Å². The molecule has 0 aromatic heterocycles. The Morgan fingerprint density at radius 2 is 2.13 bits per heavy atom. The maximum atomic E-state index is 11.6. The Morgan fingerprint density at radius 3 is 2.67 bits per heavy atom. The number of hydrogen-bond donors (Lipinski definition) is 1. The van der Waals surface area contributed by atoms with E-state index in [0.29, 0.717) is 12.6 Å². The predicted octanol–water partition coefficient (Wildman–Crippen LogP) is 1.61. The number of nitrogens with zero attached hydrogens (tertiary/aromatic N) is 1. The average molecular weight is 214 g/mol. The van der Waals surface area contributed by atoms with E-state index < -0.39 is 0 Å². The molecule has 88 valence electrons. The average Bonchev–Trinajstić information content (AvgIpc) is 2.29. The van der Waals surface area contributed by atoms with Gasteiger partial charge in [-0.25, -0.2) is 4.79 Å². The Kier molecular flexibility index (Phi) is 5.47. The summed E-state index contributed by atoms with van der Waals surface area (Å²) in [4.78, 5) is 13.4. The highest BCUT2D eigenvalue weighted by atomic mass is 16.6. The first-order valence-corrected chi connectivity index (χ1v) is 5.87. The minimum Gasteiger partial charge on any atom is -0.449 e. The Bertz CT molecular complexity index is 189. The lowest BCUT2D eigenvalue weighted by Gasteiger charge is -2.31. The molecule has 4 heteroatoms. The number of likely N-dealkylation sites (tertiary alicyclic amines) is 1. The Morgan fingerprint density at radius 1 is 1.47 bits per heavy atom. The van der Waals surface area contributed by atoms with Crippen molar-refractivity contribution in [1.29, 1.82) is 0 Å². The molecule has 1 rings (SSSR count). The van der Waals surface area contributed by atoms with Gasteiger partial charge in [0, 0.05) is 19.1 Å². The minimum atomic E-state index is -0.141. The van der Waals surface area contributed by atoms with Crippen molar-refractivity contribution in [3.05, 3.63) is 0 Å². The van der Waals surface area contributed by atoms with E-state index in [1.807, 2.05) is 11.9 Å². The van der Waals surface area contributed by atoms with Gasteiger partial charge in [-0.15, -0.1) is 0 Å². The topological polar surface area (TPSA) is 41.6 Å². The maximum Gasteiger partial charge on any atom is 0.409 e. The molecule has 1 saturated heterocycles. The van der Waals surface area contributed by atoms with Crippen molar-refractivity contribution in [1.82, 2.24) is 10.2 Å². The third kappa shape index (κ3) is 4.08. The SMILES string of the molecule is CCCCOC(=O)N1CCC(NC)CC1. The summed E-state index contributed by atoms with van der Waals surface area (Å²) in [5.41, 5.74) is 0. The molecule has 1 aliphatic rings. The van der Waals surface area contributed by atoms with Crippen molar-refractivity contribution < 1.29 is 9.53 Å². The van der Waals surface area contributed by atoms with Gasteiger partial charge in [-0.2, -0.15) is 0 Å². The van der Waals surface area contributed by atoms with Crippen LogP contribution >= 0.6 is 0 Å². The smallest absolute Gasteiger partial charge is 0.409 e. The second kappa shape index (κ2) is 6.67. The van der Waals surface area contributed by atoms with Gasteiger partial charge in [0.1, 0.15) is 0 Å². The molecule has 1 heterocycles. The van der Waals surface area contributed by atoms with Crippen molar-refractivity contribution in [2.24, 2.45) is 0 Å². The molecule has 0 saturated carbocycles. The van der Waals surface area contributed by atoms with E-state index in [1.165, 1.54) is 0 Å². The van der Waals surface area contributed by atoms with E-state index in [9.17, 15) is 4.79 Å². The van der Waals surface area contributed by atoms with E-state index >= 15 is 0 Å². The van der Waals surface area contributed by atoms with Gasteiger partial charge in [-0.3, -0.25) is 0 Å². The van der Waals surface area contributed by atoms with E-state index in [2.05, 4.69) is 12.2 Å². The lowest BCUT2D eigenvalue weighted by molar-refractivity contribution is 0.0903. The summed E-state index contributed by atoms with van der Waals surface area (Å²) in [5.74, 6) is 0. The van der Waals surface area contributed by atoms with Crippen LogP contribution in [0.1, 0.15) is 32.6 Å². The number of carbonyl (C=O) groups is 1. The molecule has 1 fully saturated rings. The monoisotopic (exact) mass is 214 g/mol. The fraction of sp³-hybridized carbons (Fsp3) is 0.909. The lowest BCUT2D eigenvalue weighted by atomic mass is 10.1. The largest absolute Gasteiger partial charge is 0.449 e. The number of nitrogens with one attached hydrogen (secondary N) is 1. The van der Waals surface area contributed by atoms with Crippen LogP contribution in [-0.4, -0.2) is 43.8 Å². The second-order valence-corrected chi connectivity index (χ2v) is 4.02. The molecule has 0 unspecified atom stereocenters. The van der Waals surface area contributed by atoms with Crippen LogP contribution in [0.4, 0.5) is 4.79 Å². The molecule has 1 aliphatic heterocycles. The van der Waals surface area contributed by atoms with Gasteiger partial charge in [-0.05, 0) is 26.3 Å². The number of piperidine rings is 1. The molecule has 4 nitrogen and oxygen atoms in total. The predicted molar refractivity (Wildman–Crippen MR) is 59.9 cm³/mol. The molecule has 0 atom stereocenters. The Balaban J connectivity index is 2.18. The molecular weight excluding hydrogens is 192 g/mol. The number of carbonyl (C=O) groups excluding carboxylic acids is 1. The van der Waals surface area contributed by atoms with Crippen molar-refractivity contribution in [3.63, 3.8) is 0 Å². The molecule has 0 spiro atoms. The summed E-state index contributed by atoms with van der Waals surface area (Å²) in [5, 5.41) is 3.24. The summed E-state index contributed by atoms with van der Waals surface area (Å²) >= 11 is 0. The number of amides is 1. The van der Waals surface area contributed by atoms with Gasteiger partial charge in [-0.1, -0.05) is 13.3 Å². The zero-order chi connectivity index (χ0) is 11.1. The van der Waals surface area contributed by atoms with E-state index in [0.717, 1.165) is 38.8 Å². The van der Waals surface area contributed by atoms with Crippen molar-refractivity contribution in [2.45, 2.75) is 38.6 Å². The molecule has 0 radical (unpaired) electrons. The fourth-order valence-corrected chi connectivity index (χ4v) is 1.75. The van der Waals surface area contributed by atoms with Crippen LogP contribution in [0.3, 0.4) is 0 Å². The summed E-state index contributed by atoms with van der Waals surface area (Å²) in [7, 11) is 1.97. The van der Waals surface area contributed by atoms with Crippen LogP contribution < -0.4 is 5.32 Å². The highest BCUT2D eigenvalue weighted by Gasteiger charge is 2.22. The number of ether oxygens (including phenoxy) is 1. The van der Waals surface area contributed by atoms with Gasteiger partial charge < -0.3 is 15.0 Å². The van der Waals surface area contributed by atoms with E-state index in [-0.39, 0.29) is 6.09 Å². The van der Waals surface area contributed by atoms with Crippen LogP contribution in [0.25, 0.3) is 0 Å². The van der Waals surface area contributed by atoms with E-state index in [4.69, 9.17) is 4.74 Å². The van der Waals surface area contributed by atoms with Crippen LogP contribution in [0.5, 0.6) is 0 Å². The first kappa shape index (κ1) is 12.3. The van der Waals surface area contributed by atoms with Gasteiger partial charge in [0.25, 0.3) is 0 Å². The summed E-state index contributed by atoms with van der Waals surface area (Å²) in [6.07, 6.45) is 3.94. The molecule has 0 aromatic carbocycles. The number of unbranched alkanes of at least 4 members (excludes halogenated alkanes) is 1. The lowest BCUT2D eigenvalue weighted by Crippen LogP contribution is -2.44. The van der Waals surface area contributed by atoms with Crippen molar-refractivity contribution in [2.75, 3.05) is 26.7 Å². The summed E-state index contributed by atoms with van der Waals surface area (Å²) in [6, 6.07) is 0.560. The quantitative estimate of drug-likeness (QED) is 0.723. The van der Waals surface area contributed by atoms with Crippen LogP contribution in [0, 0.1) is 0 Å². The zero-order valence-corrected chi connectivity index (χ0v) is 9.79. The molecule has 1 N–H and O–H groups in total. The third-order valence-electron chi connectivity index (χ3n) is 2.88. The van der Waals surface area contributed by atoms with Gasteiger partial charge in [0.05, 0.1) is 6.61 Å². The van der Waals surface area contributed by atoms with Gasteiger partial charge in [0.2, 0.25) is 0 Å². The van der Waals surface area contributed by atoms with Crippen LogP contribution in [0.15, 0.2) is 0 Å². The Labute approximate surface area is 92.0 Å². The zero-order valence-electron chi connectivity index (χ0n) is 9.79. The first-order valence-electron chi connectivity index (χ1n) is 5.87. The minimum absolute atomic E-state index is 0.141. The molecule has 15 heavy (non-hydrogen) atoms. The summed E-state index contributed by atoms with van der Waals surface area (Å²) in [6.45, 7) is 4.28. The van der Waals surface area contributed by atoms with Crippen molar-refractivity contribution in [3.8, 4) is 0 Å². The van der Waals surface area contributed by atoms with Gasteiger partial charge >= 0.3 is 6.09 Å². The normalized spacial score (nSPS) is 17.9. The first-order chi connectivity index (χ1) is 7.27. The maximum absolute atomic E-state index is 11.6. The molecular formula is C11H22N2O2. The standard InChI is InChI=1S/C11H22N2O2/c1-3-4-9-15-11(14)13-7-5-10(12-2)6-8-13/h10,12H,3-9H2,1-2H3. The highest BCUT2D eigenvalue weighted by Crippen LogP contribution is 2.10. The Hall–Kier alpha value is -0.770. The van der Waals surface area contributed by atoms with Crippen molar-refractivity contribution >= 4 is 6.09 Å². The van der Waals surface area contributed by atoms with Crippen LogP contribution in [0.2, 0.25) is 0 Å². The number of hydrogen-bond acceptors (Lipinski definition) is 3. The third-order valence-corrected chi connectivity index (χ3v) is 2.88. The molecule has 0 aliphatic carbocycles. The number of rotatable bonds is 4. The highest BCUT2D eigenvalue weighted by molar-refractivity contribution is 5.67. The van der Waals surface area contributed by atoms with E-state index in [1.54, 1.807) is 0 Å². The van der Waals surface area contributed by atoms with Gasteiger partial charge in [0.15, 0.2) is 0 Å². The molecule has 0 aromatic rings. The molecule has 0 bridgehead atoms. The summed E-state index contributed by atoms with van der Waals surface area (Å²) < 4.78 is 5.16.